The first-order valence-electron chi connectivity index (χ1n) is 6.31. The maximum Gasteiger partial charge on any atom is 0.237 e. The maximum absolute atomic E-state index is 11.8. The Balaban J connectivity index is 2.35. The summed E-state index contributed by atoms with van der Waals surface area (Å²) < 4.78 is 0. The smallest absolute Gasteiger partial charge is 0.237 e. The van der Waals surface area contributed by atoms with Gasteiger partial charge in [-0.25, -0.2) is 4.98 Å². The van der Waals surface area contributed by atoms with Gasteiger partial charge in [0, 0.05) is 18.3 Å². The summed E-state index contributed by atoms with van der Waals surface area (Å²) in [5.74, 6) is -0.0894. The molecule has 102 valence electrons. The van der Waals surface area contributed by atoms with Gasteiger partial charge in [0.05, 0.1) is 16.7 Å². The Morgan fingerprint density at radius 3 is 2.72 bits per heavy atom. The van der Waals surface area contributed by atoms with Gasteiger partial charge in [-0.15, -0.1) is 11.3 Å². The monoisotopic (exact) mass is 269 g/mol. The van der Waals surface area contributed by atoms with E-state index < -0.39 is 6.04 Å². The predicted octanol–water partition coefficient (Wildman–Crippen LogP) is 1.74. The van der Waals surface area contributed by atoms with Crippen LogP contribution in [0.4, 0.5) is 0 Å². The van der Waals surface area contributed by atoms with Crippen molar-refractivity contribution in [1.82, 2.24) is 10.3 Å². The average molecular weight is 269 g/mol. The fourth-order valence-corrected chi connectivity index (χ4v) is 2.22. The largest absolute Gasteiger partial charge is 0.354 e. The van der Waals surface area contributed by atoms with E-state index in [4.69, 9.17) is 5.73 Å². The van der Waals surface area contributed by atoms with Crippen LogP contribution in [0.3, 0.4) is 0 Å². The van der Waals surface area contributed by atoms with Crippen molar-refractivity contribution in [2.75, 3.05) is 6.54 Å². The lowest BCUT2D eigenvalue weighted by atomic mass is 9.87. The molecule has 0 fully saturated rings. The fourth-order valence-electron chi connectivity index (χ4n) is 1.44. The van der Waals surface area contributed by atoms with E-state index in [0.717, 1.165) is 23.5 Å². The number of nitrogens with zero attached hydrogens (tertiary/aromatic N) is 1. The van der Waals surface area contributed by atoms with Crippen LogP contribution in [0.25, 0.3) is 0 Å². The van der Waals surface area contributed by atoms with Crippen molar-refractivity contribution >= 4 is 17.2 Å². The number of hydrogen-bond donors (Lipinski definition) is 2. The maximum atomic E-state index is 11.8. The first-order chi connectivity index (χ1) is 8.34. The van der Waals surface area contributed by atoms with Gasteiger partial charge in [-0.05, 0) is 11.8 Å². The Morgan fingerprint density at radius 2 is 2.22 bits per heavy atom. The van der Waals surface area contributed by atoms with E-state index in [0.29, 0.717) is 6.54 Å². The Morgan fingerprint density at radius 1 is 1.56 bits per heavy atom. The summed E-state index contributed by atoms with van der Waals surface area (Å²) in [6.07, 6.45) is 1.73. The molecule has 0 radical (unpaired) electrons. The molecule has 1 atom stereocenters. The molecular weight excluding hydrogens is 246 g/mol. The molecule has 1 amide bonds. The third-order valence-electron chi connectivity index (χ3n) is 2.80. The van der Waals surface area contributed by atoms with E-state index in [-0.39, 0.29) is 11.3 Å². The van der Waals surface area contributed by atoms with Crippen molar-refractivity contribution < 1.29 is 4.79 Å². The van der Waals surface area contributed by atoms with E-state index in [1.165, 1.54) is 0 Å². The van der Waals surface area contributed by atoms with E-state index in [9.17, 15) is 4.79 Å². The summed E-state index contributed by atoms with van der Waals surface area (Å²) in [5.41, 5.74) is 6.71. The number of nitrogens with one attached hydrogen (secondary N) is 1. The van der Waals surface area contributed by atoms with Crippen LogP contribution in [0.15, 0.2) is 5.38 Å². The van der Waals surface area contributed by atoms with Crippen LogP contribution in [0, 0.1) is 5.41 Å². The molecule has 0 unspecified atom stereocenters. The second kappa shape index (κ2) is 6.29. The van der Waals surface area contributed by atoms with Gasteiger partial charge in [-0.1, -0.05) is 27.7 Å². The summed E-state index contributed by atoms with van der Waals surface area (Å²) in [4.78, 5) is 16.2. The van der Waals surface area contributed by atoms with Crippen molar-refractivity contribution in [1.29, 1.82) is 0 Å². The van der Waals surface area contributed by atoms with Gasteiger partial charge in [0.25, 0.3) is 0 Å². The van der Waals surface area contributed by atoms with Gasteiger partial charge in [0.15, 0.2) is 0 Å². The average Bonchev–Trinajstić information content (AvgIpc) is 2.74. The van der Waals surface area contributed by atoms with Crippen LogP contribution in [-0.2, 0) is 17.6 Å². The van der Waals surface area contributed by atoms with Gasteiger partial charge in [0.2, 0.25) is 5.91 Å². The zero-order chi connectivity index (χ0) is 13.8. The van der Waals surface area contributed by atoms with E-state index >= 15 is 0 Å². The highest BCUT2D eigenvalue weighted by Gasteiger charge is 2.26. The Bertz CT molecular complexity index is 395. The fraction of sp³-hybridized carbons (Fsp3) is 0.692. The number of amides is 1. The predicted molar refractivity (Wildman–Crippen MR) is 75.6 cm³/mol. The zero-order valence-electron chi connectivity index (χ0n) is 11.6. The molecule has 0 saturated carbocycles. The molecule has 1 rings (SSSR count). The van der Waals surface area contributed by atoms with Crippen LogP contribution in [0.5, 0.6) is 0 Å². The minimum atomic E-state index is -0.473. The van der Waals surface area contributed by atoms with Crippen molar-refractivity contribution in [3.8, 4) is 0 Å². The normalized spacial score (nSPS) is 13.4. The highest BCUT2D eigenvalue weighted by molar-refractivity contribution is 7.09. The lowest BCUT2D eigenvalue weighted by molar-refractivity contribution is -0.124. The molecule has 0 aromatic carbocycles. The molecule has 3 N–H and O–H groups in total. The SMILES string of the molecule is CCc1nc(CCNC(=O)[C@@H](N)C(C)(C)C)cs1. The molecule has 0 bridgehead atoms. The van der Waals surface area contributed by atoms with Crippen molar-refractivity contribution in [2.24, 2.45) is 11.1 Å². The molecule has 4 nitrogen and oxygen atoms in total. The molecule has 0 saturated heterocycles. The molecule has 0 aliphatic rings. The van der Waals surface area contributed by atoms with Gasteiger partial charge >= 0.3 is 0 Å². The van der Waals surface area contributed by atoms with Gasteiger partial charge in [-0.3, -0.25) is 4.79 Å². The summed E-state index contributed by atoms with van der Waals surface area (Å²) in [6.45, 7) is 8.57. The molecule has 1 aromatic rings. The molecule has 0 spiro atoms. The molecule has 0 aliphatic heterocycles. The van der Waals surface area contributed by atoms with Crippen LogP contribution >= 0.6 is 11.3 Å². The van der Waals surface area contributed by atoms with E-state index in [1.54, 1.807) is 11.3 Å². The summed E-state index contributed by atoms with van der Waals surface area (Å²) in [7, 11) is 0. The number of aryl methyl sites for hydroxylation is 1. The number of carbonyl (C=O) groups is 1. The zero-order valence-corrected chi connectivity index (χ0v) is 12.4. The lowest BCUT2D eigenvalue weighted by Crippen LogP contribution is -2.49. The lowest BCUT2D eigenvalue weighted by Gasteiger charge is -2.25. The number of thiazole rings is 1. The molecule has 5 heteroatoms. The highest BCUT2D eigenvalue weighted by atomic mass is 32.1. The standard InChI is InChI=1S/C13H23N3OS/c1-5-10-16-9(8-18-10)6-7-15-12(17)11(14)13(2,3)4/h8,11H,5-7,14H2,1-4H3,(H,15,17)/t11-/m1/s1. The third-order valence-corrected chi connectivity index (χ3v) is 3.84. The number of carbonyl (C=O) groups excluding carboxylic acids is 1. The van der Waals surface area contributed by atoms with Crippen LogP contribution < -0.4 is 11.1 Å². The first-order valence-corrected chi connectivity index (χ1v) is 7.19. The summed E-state index contributed by atoms with van der Waals surface area (Å²) >= 11 is 1.67. The van der Waals surface area contributed by atoms with E-state index in [2.05, 4.69) is 22.6 Å². The van der Waals surface area contributed by atoms with Crippen LogP contribution in [0.1, 0.15) is 38.4 Å². The molecule has 1 aromatic heterocycles. The minimum Gasteiger partial charge on any atom is -0.354 e. The molecule has 1 heterocycles. The van der Waals surface area contributed by atoms with Gasteiger partial charge in [-0.2, -0.15) is 0 Å². The Labute approximate surface area is 113 Å². The molecule has 0 aliphatic carbocycles. The highest BCUT2D eigenvalue weighted by Crippen LogP contribution is 2.17. The van der Waals surface area contributed by atoms with Crippen molar-refractivity contribution in [3.63, 3.8) is 0 Å². The van der Waals surface area contributed by atoms with Gasteiger partial charge < -0.3 is 11.1 Å². The van der Waals surface area contributed by atoms with Crippen molar-refractivity contribution in [2.45, 2.75) is 46.6 Å². The van der Waals surface area contributed by atoms with E-state index in [1.807, 2.05) is 20.8 Å². The van der Waals surface area contributed by atoms with Crippen LogP contribution in [-0.4, -0.2) is 23.5 Å². The minimum absolute atomic E-state index is 0.0894. The Hall–Kier alpha value is -0.940. The first kappa shape index (κ1) is 15.1. The number of rotatable bonds is 5. The number of nitrogens with two attached hydrogens (primary N) is 1. The second-order valence-electron chi connectivity index (χ2n) is 5.47. The van der Waals surface area contributed by atoms with Crippen molar-refractivity contribution in [3.05, 3.63) is 16.1 Å². The number of aromatic nitrogens is 1. The molecule has 18 heavy (non-hydrogen) atoms. The van der Waals surface area contributed by atoms with Gasteiger partial charge in [0.1, 0.15) is 0 Å². The van der Waals surface area contributed by atoms with Crippen LogP contribution in [0.2, 0.25) is 0 Å². The summed E-state index contributed by atoms with van der Waals surface area (Å²) in [6, 6.07) is -0.473. The third kappa shape index (κ3) is 4.38. The second-order valence-corrected chi connectivity index (χ2v) is 6.41. The molecular formula is C13H23N3OS. The quantitative estimate of drug-likeness (QED) is 0.855. The topological polar surface area (TPSA) is 68.0 Å². The Kier molecular flexibility index (Phi) is 5.28. The number of hydrogen-bond acceptors (Lipinski definition) is 4. The summed E-state index contributed by atoms with van der Waals surface area (Å²) in [5, 5.41) is 6.06.